The van der Waals surface area contributed by atoms with Gasteiger partial charge < -0.3 is 4.90 Å². The van der Waals surface area contributed by atoms with Crippen LogP contribution in [0.2, 0.25) is 0 Å². The van der Waals surface area contributed by atoms with Crippen molar-refractivity contribution >= 4 is 17.6 Å². The molecule has 8 heteroatoms. The molecule has 3 aromatic rings. The summed E-state index contributed by atoms with van der Waals surface area (Å²) in [6.07, 6.45) is 5.57. The molecule has 5 rings (SSSR count). The van der Waals surface area contributed by atoms with Crippen molar-refractivity contribution in [1.29, 1.82) is 0 Å². The molecule has 1 saturated heterocycles. The molecule has 33 heavy (non-hydrogen) atoms. The normalized spacial score (nSPS) is 18.0. The van der Waals surface area contributed by atoms with Gasteiger partial charge in [0.2, 0.25) is 5.91 Å². The van der Waals surface area contributed by atoms with E-state index < -0.39 is 0 Å². The molecule has 170 valence electrons. The number of carbonyl (C=O) groups is 2. The van der Waals surface area contributed by atoms with Gasteiger partial charge in [0.1, 0.15) is 17.3 Å². The molecule has 1 fully saturated rings. The van der Waals surface area contributed by atoms with Gasteiger partial charge in [0.15, 0.2) is 0 Å². The Labute approximate surface area is 193 Å². The van der Waals surface area contributed by atoms with E-state index in [4.69, 9.17) is 9.97 Å². The van der Waals surface area contributed by atoms with Gasteiger partial charge in [-0.1, -0.05) is 30.3 Å². The first-order valence-corrected chi connectivity index (χ1v) is 11.6. The second-order valence-electron chi connectivity index (χ2n) is 8.84. The van der Waals surface area contributed by atoms with Crippen LogP contribution < -0.4 is 4.90 Å². The van der Waals surface area contributed by atoms with Crippen LogP contribution in [0.5, 0.6) is 0 Å². The van der Waals surface area contributed by atoms with Crippen molar-refractivity contribution in [3.8, 4) is 0 Å². The minimum Gasteiger partial charge on any atom is -0.337 e. The number of hydrogen-bond donors (Lipinski definition) is 1. The minimum atomic E-state index is -0.0483. The van der Waals surface area contributed by atoms with E-state index in [0.29, 0.717) is 31.7 Å². The summed E-state index contributed by atoms with van der Waals surface area (Å²) in [6.45, 7) is 3.88. The highest BCUT2D eigenvalue weighted by atomic mass is 16.2. The van der Waals surface area contributed by atoms with E-state index in [0.717, 1.165) is 48.6 Å². The Balaban J connectivity index is 1.32. The Hall–Kier alpha value is -3.55. The molecular formula is C25H28N6O2. The first-order valence-electron chi connectivity index (χ1n) is 11.6. The minimum absolute atomic E-state index is 0.0483. The number of aromatic amines is 1. The summed E-state index contributed by atoms with van der Waals surface area (Å²) < 4.78 is 0. The molecule has 0 saturated carbocycles. The number of piperidine rings is 1. The summed E-state index contributed by atoms with van der Waals surface area (Å²) in [5.74, 6) is 1.58. The Morgan fingerprint density at radius 3 is 2.82 bits per heavy atom. The van der Waals surface area contributed by atoms with Crippen LogP contribution in [0.1, 0.15) is 58.3 Å². The first kappa shape index (κ1) is 21.3. The van der Waals surface area contributed by atoms with Crippen molar-refractivity contribution < 1.29 is 9.59 Å². The Kier molecular flexibility index (Phi) is 5.90. The van der Waals surface area contributed by atoms with E-state index in [1.165, 1.54) is 5.56 Å². The highest BCUT2D eigenvalue weighted by molar-refractivity contribution is 6.00. The first-order chi connectivity index (χ1) is 16.1. The van der Waals surface area contributed by atoms with Gasteiger partial charge in [0, 0.05) is 43.0 Å². The highest BCUT2D eigenvalue weighted by Gasteiger charge is 2.34. The third kappa shape index (κ3) is 4.37. The number of amides is 2. The van der Waals surface area contributed by atoms with Crippen LogP contribution in [-0.2, 0) is 17.6 Å². The standard InChI is InChI=1S/C25H28N6O2/c1-17-20-15-22(32)31(14-5-9-18-7-3-2-4-8-18)24(20)28-23(27-17)19-10-6-13-30(16-19)25(33)21-11-12-26-29-21/h2-4,7-8,11-12,19H,5-6,9-10,13-16H2,1H3,(H,26,29)/t19-/m1/s1. The smallest absolute Gasteiger partial charge is 0.271 e. The van der Waals surface area contributed by atoms with Gasteiger partial charge in [-0.3, -0.25) is 19.6 Å². The number of rotatable bonds is 6. The van der Waals surface area contributed by atoms with Crippen molar-refractivity contribution in [1.82, 2.24) is 25.1 Å². The number of H-pyrrole nitrogens is 1. The van der Waals surface area contributed by atoms with E-state index in [-0.39, 0.29) is 17.7 Å². The molecule has 2 aromatic heterocycles. The molecule has 1 atom stereocenters. The van der Waals surface area contributed by atoms with Gasteiger partial charge in [-0.05, 0) is 44.2 Å². The van der Waals surface area contributed by atoms with Crippen molar-refractivity contribution in [3.63, 3.8) is 0 Å². The van der Waals surface area contributed by atoms with E-state index in [9.17, 15) is 9.59 Å². The highest BCUT2D eigenvalue weighted by Crippen LogP contribution is 2.33. The summed E-state index contributed by atoms with van der Waals surface area (Å²) in [5.41, 5.74) is 3.57. The number of nitrogens with zero attached hydrogens (tertiary/aromatic N) is 5. The maximum absolute atomic E-state index is 12.8. The van der Waals surface area contributed by atoms with Gasteiger partial charge in [0.05, 0.1) is 6.42 Å². The van der Waals surface area contributed by atoms with Crippen LogP contribution in [0.3, 0.4) is 0 Å². The van der Waals surface area contributed by atoms with Gasteiger partial charge >= 0.3 is 0 Å². The Morgan fingerprint density at radius 2 is 2.03 bits per heavy atom. The second kappa shape index (κ2) is 9.13. The zero-order valence-corrected chi connectivity index (χ0v) is 18.8. The topological polar surface area (TPSA) is 95.1 Å². The fourth-order valence-electron chi connectivity index (χ4n) is 4.81. The van der Waals surface area contributed by atoms with Crippen LogP contribution in [0.15, 0.2) is 42.6 Å². The largest absolute Gasteiger partial charge is 0.337 e. The van der Waals surface area contributed by atoms with Crippen LogP contribution in [-0.4, -0.2) is 56.5 Å². The number of benzene rings is 1. The molecule has 2 aliphatic heterocycles. The van der Waals surface area contributed by atoms with Crippen molar-refractivity contribution in [2.75, 3.05) is 24.5 Å². The number of aryl methyl sites for hydroxylation is 2. The summed E-state index contributed by atoms with van der Waals surface area (Å²) in [6, 6.07) is 12.0. The zero-order chi connectivity index (χ0) is 22.8. The summed E-state index contributed by atoms with van der Waals surface area (Å²) in [5, 5.41) is 6.65. The molecule has 0 aliphatic carbocycles. The van der Waals surface area contributed by atoms with Crippen LogP contribution in [0.25, 0.3) is 0 Å². The predicted octanol–water partition coefficient (Wildman–Crippen LogP) is 3.05. The summed E-state index contributed by atoms with van der Waals surface area (Å²) >= 11 is 0. The van der Waals surface area contributed by atoms with Crippen molar-refractivity contribution in [2.45, 2.75) is 44.9 Å². The average molecular weight is 445 g/mol. The molecule has 0 spiro atoms. The lowest BCUT2D eigenvalue weighted by molar-refractivity contribution is -0.117. The van der Waals surface area contributed by atoms with Crippen LogP contribution in [0.4, 0.5) is 5.82 Å². The number of carbonyl (C=O) groups excluding carboxylic acids is 2. The molecule has 1 N–H and O–H groups in total. The molecule has 0 radical (unpaired) electrons. The van der Waals surface area contributed by atoms with Gasteiger partial charge in [-0.25, -0.2) is 9.97 Å². The summed E-state index contributed by atoms with van der Waals surface area (Å²) in [7, 11) is 0. The molecule has 0 unspecified atom stereocenters. The zero-order valence-electron chi connectivity index (χ0n) is 18.8. The van der Waals surface area contributed by atoms with E-state index in [2.05, 4.69) is 22.3 Å². The molecule has 0 bridgehead atoms. The number of nitrogens with one attached hydrogen (secondary N) is 1. The molecule has 8 nitrogen and oxygen atoms in total. The van der Waals surface area contributed by atoms with Gasteiger partial charge in [-0.2, -0.15) is 5.10 Å². The maximum atomic E-state index is 12.8. The average Bonchev–Trinajstić information content (AvgIpc) is 3.48. The number of aromatic nitrogens is 4. The fourth-order valence-corrected chi connectivity index (χ4v) is 4.81. The molecular weight excluding hydrogens is 416 g/mol. The van der Waals surface area contributed by atoms with E-state index >= 15 is 0 Å². The molecule has 1 aromatic carbocycles. The molecule has 2 amide bonds. The van der Waals surface area contributed by atoms with E-state index in [1.54, 1.807) is 12.3 Å². The fraction of sp³-hybridized carbons (Fsp3) is 0.400. The lowest BCUT2D eigenvalue weighted by Gasteiger charge is -2.32. The number of likely N-dealkylation sites (tertiary alicyclic amines) is 1. The third-order valence-electron chi connectivity index (χ3n) is 6.59. The molecule has 2 aliphatic rings. The number of fused-ring (bicyclic) bond motifs is 1. The van der Waals surface area contributed by atoms with Crippen LogP contribution >= 0.6 is 0 Å². The predicted molar refractivity (Wildman–Crippen MR) is 124 cm³/mol. The van der Waals surface area contributed by atoms with Gasteiger partial charge in [-0.15, -0.1) is 0 Å². The number of anilines is 1. The quantitative estimate of drug-likeness (QED) is 0.631. The third-order valence-corrected chi connectivity index (χ3v) is 6.59. The SMILES string of the molecule is Cc1nc([C@@H]2CCCN(C(=O)c3ccn[nH]3)C2)nc2c1CC(=O)N2CCCc1ccccc1. The monoisotopic (exact) mass is 444 g/mol. The Morgan fingerprint density at radius 1 is 1.18 bits per heavy atom. The Bertz CT molecular complexity index is 1150. The van der Waals surface area contributed by atoms with E-state index in [1.807, 2.05) is 34.9 Å². The summed E-state index contributed by atoms with van der Waals surface area (Å²) in [4.78, 5) is 38.9. The van der Waals surface area contributed by atoms with Crippen LogP contribution in [0, 0.1) is 6.92 Å². The molecule has 4 heterocycles. The second-order valence-corrected chi connectivity index (χ2v) is 8.84. The van der Waals surface area contributed by atoms with Crippen molar-refractivity contribution in [3.05, 3.63) is 70.9 Å². The van der Waals surface area contributed by atoms with Gasteiger partial charge in [0.25, 0.3) is 5.91 Å². The number of hydrogen-bond acceptors (Lipinski definition) is 5. The maximum Gasteiger partial charge on any atom is 0.271 e. The lowest BCUT2D eigenvalue weighted by atomic mass is 9.96. The lowest BCUT2D eigenvalue weighted by Crippen LogP contribution is -2.40. The van der Waals surface area contributed by atoms with Crippen molar-refractivity contribution in [2.24, 2.45) is 0 Å².